The maximum atomic E-state index is 14.1. The first-order valence-corrected chi connectivity index (χ1v) is 13.4. The molecule has 0 spiro atoms. The number of ether oxygens (including phenoxy) is 2. The minimum absolute atomic E-state index is 0.123. The second kappa shape index (κ2) is 19.6. The van der Waals surface area contributed by atoms with Crippen molar-refractivity contribution in [3.05, 3.63) is 29.1 Å². The van der Waals surface area contributed by atoms with Crippen molar-refractivity contribution in [3.63, 3.8) is 0 Å². The van der Waals surface area contributed by atoms with E-state index >= 15 is 0 Å². The monoisotopic (exact) mass is 486 g/mol. The Hall–Kier alpha value is -1.72. The molecule has 0 aliphatic carbocycles. The van der Waals surface area contributed by atoms with E-state index in [2.05, 4.69) is 11.7 Å². The third-order valence-corrected chi connectivity index (χ3v) is 6.27. The minimum atomic E-state index is -1.46. The summed E-state index contributed by atoms with van der Waals surface area (Å²) >= 11 is 0. The molecule has 0 aromatic heterocycles. The molecule has 6 heteroatoms. The minimum Gasteiger partial charge on any atom is -0.491 e. The molecule has 1 aromatic carbocycles. The Labute approximate surface area is 204 Å². The Kier molecular flexibility index (Phi) is 17.4. The van der Waals surface area contributed by atoms with Gasteiger partial charge in [-0.3, -0.25) is 0 Å². The molecule has 0 N–H and O–H groups in total. The summed E-state index contributed by atoms with van der Waals surface area (Å²) in [5, 5.41) is 0. The number of halogens is 3. The van der Waals surface area contributed by atoms with Gasteiger partial charge in [0.1, 0.15) is 5.56 Å². The van der Waals surface area contributed by atoms with E-state index in [0.717, 1.165) is 26.4 Å². The summed E-state index contributed by atoms with van der Waals surface area (Å²) in [4.78, 5) is 12.0. The molecule has 0 aliphatic heterocycles. The highest BCUT2D eigenvalue weighted by molar-refractivity contribution is 5.90. The summed E-state index contributed by atoms with van der Waals surface area (Å²) in [5.74, 6) is -5.98. The molecule has 0 unspecified atom stereocenters. The Morgan fingerprint density at radius 2 is 1.09 bits per heavy atom. The SMILES string of the molecule is CCCCCCCCCCCCCCCCCCCCOC(=O)c1cc(F)c(F)c(OC)c1F. The lowest BCUT2D eigenvalue weighted by Crippen LogP contribution is -2.11. The van der Waals surface area contributed by atoms with Crippen LogP contribution in [-0.2, 0) is 4.74 Å². The molecular weight excluding hydrogens is 441 g/mol. The Morgan fingerprint density at radius 3 is 1.50 bits per heavy atom. The first-order chi connectivity index (χ1) is 16.5. The van der Waals surface area contributed by atoms with E-state index in [-0.39, 0.29) is 6.61 Å². The van der Waals surface area contributed by atoms with E-state index < -0.39 is 34.7 Å². The molecule has 34 heavy (non-hydrogen) atoms. The van der Waals surface area contributed by atoms with E-state index in [0.29, 0.717) is 12.5 Å². The van der Waals surface area contributed by atoms with Crippen LogP contribution in [-0.4, -0.2) is 19.7 Å². The van der Waals surface area contributed by atoms with Gasteiger partial charge in [-0.2, -0.15) is 4.39 Å². The fraction of sp³-hybridized carbons (Fsp3) is 0.750. The van der Waals surface area contributed by atoms with Crippen LogP contribution in [0.15, 0.2) is 6.07 Å². The van der Waals surface area contributed by atoms with E-state index in [9.17, 15) is 18.0 Å². The van der Waals surface area contributed by atoms with Crippen LogP contribution in [0.25, 0.3) is 0 Å². The van der Waals surface area contributed by atoms with Gasteiger partial charge in [0.15, 0.2) is 17.4 Å². The smallest absolute Gasteiger partial charge is 0.341 e. The zero-order chi connectivity index (χ0) is 25.0. The Balaban J connectivity index is 1.94. The van der Waals surface area contributed by atoms with Crippen molar-refractivity contribution in [1.82, 2.24) is 0 Å². The fourth-order valence-electron chi connectivity index (χ4n) is 4.15. The summed E-state index contributed by atoms with van der Waals surface area (Å²) in [6.45, 7) is 2.38. The summed E-state index contributed by atoms with van der Waals surface area (Å²) in [6.07, 6.45) is 22.7. The van der Waals surface area contributed by atoms with Gasteiger partial charge in [-0.25, -0.2) is 13.6 Å². The maximum absolute atomic E-state index is 14.1. The number of benzene rings is 1. The highest BCUT2D eigenvalue weighted by atomic mass is 19.2. The molecule has 0 fully saturated rings. The predicted molar refractivity (Wildman–Crippen MR) is 132 cm³/mol. The van der Waals surface area contributed by atoms with Gasteiger partial charge in [0.2, 0.25) is 5.82 Å². The molecule has 1 rings (SSSR count). The van der Waals surface area contributed by atoms with Crippen molar-refractivity contribution >= 4 is 5.97 Å². The Morgan fingerprint density at radius 1 is 0.676 bits per heavy atom. The average molecular weight is 487 g/mol. The van der Waals surface area contributed by atoms with Gasteiger partial charge in [-0.15, -0.1) is 0 Å². The van der Waals surface area contributed by atoms with E-state index in [1.165, 1.54) is 89.9 Å². The van der Waals surface area contributed by atoms with Gasteiger partial charge in [0, 0.05) is 0 Å². The molecule has 0 atom stereocenters. The normalized spacial score (nSPS) is 11.1. The lowest BCUT2D eigenvalue weighted by atomic mass is 10.0. The number of hydrogen-bond acceptors (Lipinski definition) is 3. The largest absolute Gasteiger partial charge is 0.491 e. The van der Waals surface area contributed by atoms with E-state index in [1.54, 1.807) is 0 Å². The summed E-state index contributed by atoms with van der Waals surface area (Å²) in [6, 6.07) is 0.505. The Bertz CT molecular complexity index is 679. The second-order valence-electron chi connectivity index (χ2n) is 9.21. The van der Waals surface area contributed by atoms with Gasteiger partial charge < -0.3 is 9.47 Å². The van der Waals surface area contributed by atoms with Gasteiger partial charge in [-0.05, 0) is 12.5 Å². The van der Waals surface area contributed by atoms with Crippen LogP contribution in [0, 0.1) is 17.5 Å². The molecule has 0 bridgehead atoms. The van der Waals surface area contributed by atoms with Crippen molar-refractivity contribution in [2.75, 3.05) is 13.7 Å². The van der Waals surface area contributed by atoms with Crippen LogP contribution in [0.1, 0.15) is 133 Å². The van der Waals surface area contributed by atoms with Crippen molar-refractivity contribution < 1.29 is 27.4 Å². The van der Waals surface area contributed by atoms with Gasteiger partial charge in [-0.1, -0.05) is 116 Å². The molecule has 0 aliphatic rings. The molecule has 0 saturated carbocycles. The average Bonchev–Trinajstić information content (AvgIpc) is 2.83. The number of rotatable bonds is 21. The number of hydrogen-bond donors (Lipinski definition) is 0. The number of carbonyl (C=O) groups is 1. The molecule has 196 valence electrons. The van der Waals surface area contributed by atoms with Crippen LogP contribution in [0.4, 0.5) is 13.2 Å². The number of methoxy groups -OCH3 is 1. The zero-order valence-electron chi connectivity index (χ0n) is 21.4. The standard InChI is InChI=1S/C28H45F3O3/c1-3-4-5-6-7-8-9-10-11-12-13-14-15-16-17-18-19-20-21-34-28(32)23-22-24(29)26(31)27(33-2)25(23)30/h22H,3-21H2,1-2H3. The highest BCUT2D eigenvalue weighted by Gasteiger charge is 2.24. The van der Waals surface area contributed by atoms with Crippen LogP contribution >= 0.6 is 0 Å². The molecule has 0 radical (unpaired) electrons. The number of unbranched alkanes of at least 4 members (excludes halogenated alkanes) is 17. The topological polar surface area (TPSA) is 35.5 Å². The van der Waals surface area contributed by atoms with Gasteiger partial charge in [0.25, 0.3) is 0 Å². The van der Waals surface area contributed by atoms with E-state index in [4.69, 9.17) is 4.74 Å². The number of carbonyl (C=O) groups excluding carboxylic acids is 1. The molecule has 1 aromatic rings. The van der Waals surface area contributed by atoms with E-state index in [1.807, 2.05) is 0 Å². The molecule has 0 saturated heterocycles. The zero-order valence-corrected chi connectivity index (χ0v) is 21.4. The lowest BCUT2D eigenvalue weighted by Gasteiger charge is -2.09. The molecule has 3 nitrogen and oxygen atoms in total. The summed E-state index contributed by atoms with van der Waals surface area (Å²) < 4.78 is 50.5. The fourth-order valence-corrected chi connectivity index (χ4v) is 4.15. The third kappa shape index (κ3) is 12.7. The number of esters is 1. The molecular formula is C28H45F3O3. The maximum Gasteiger partial charge on any atom is 0.341 e. The van der Waals surface area contributed by atoms with Crippen molar-refractivity contribution in [2.45, 2.75) is 122 Å². The highest BCUT2D eigenvalue weighted by Crippen LogP contribution is 2.27. The first-order valence-electron chi connectivity index (χ1n) is 13.4. The van der Waals surface area contributed by atoms with Crippen LogP contribution in [0.2, 0.25) is 0 Å². The second-order valence-corrected chi connectivity index (χ2v) is 9.21. The lowest BCUT2D eigenvalue weighted by molar-refractivity contribution is 0.0490. The predicted octanol–water partition coefficient (Wildman–Crippen LogP) is 9.31. The van der Waals surface area contributed by atoms with Crippen molar-refractivity contribution in [1.29, 1.82) is 0 Å². The third-order valence-electron chi connectivity index (χ3n) is 6.27. The summed E-state index contributed by atoms with van der Waals surface area (Å²) in [7, 11) is 1.01. The van der Waals surface area contributed by atoms with Crippen molar-refractivity contribution in [3.8, 4) is 5.75 Å². The molecule has 0 heterocycles. The van der Waals surface area contributed by atoms with Crippen molar-refractivity contribution in [2.24, 2.45) is 0 Å². The van der Waals surface area contributed by atoms with Crippen LogP contribution in [0.3, 0.4) is 0 Å². The van der Waals surface area contributed by atoms with Gasteiger partial charge >= 0.3 is 5.97 Å². The first kappa shape index (κ1) is 30.3. The van der Waals surface area contributed by atoms with Gasteiger partial charge in [0.05, 0.1) is 13.7 Å². The summed E-state index contributed by atoms with van der Waals surface area (Å²) in [5.41, 5.74) is -0.654. The van der Waals surface area contributed by atoms with Crippen LogP contribution < -0.4 is 4.74 Å². The van der Waals surface area contributed by atoms with Crippen LogP contribution in [0.5, 0.6) is 5.75 Å². The molecule has 0 amide bonds. The quantitative estimate of drug-likeness (QED) is 0.0986.